The predicted octanol–water partition coefficient (Wildman–Crippen LogP) is -0.126. The second-order valence-corrected chi connectivity index (χ2v) is 7.61. The van der Waals surface area contributed by atoms with E-state index in [4.69, 9.17) is 15.9 Å². The standard InChI is InChI=1S/C22H23N5O5/c23-20(24)12-1-4-15(5-2-12)26-21(30)18(29)19-22(31)27(7-8-32-19)16-6-3-13-11-25-17(28)10-14(13)9-16/h1-6,9,18-19,29H,7-8,10-11H2,(H3,23,24)(H,25,28)(H,26,30)/t18-,19?/m1/s1. The summed E-state index contributed by atoms with van der Waals surface area (Å²) in [6.07, 6.45) is -2.85. The number of aliphatic hydroxyl groups excluding tert-OH is 1. The summed E-state index contributed by atoms with van der Waals surface area (Å²) >= 11 is 0. The summed E-state index contributed by atoms with van der Waals surface area (Å²) in [5.41, 5.74) is 8.70. The first kappa shape index (κ1) is 21.5. The third kappa shape index (κ3) is 4.32. The van der Waals surface area contributed by atoms with Gasteiger partial charge >= 0.3 is 0 Å². The third-order valence-corrected chi connectivity index (χ3v) is 5.47. The average molecular weight is 437 g/mol. The molecule has 2 aromatic carbocycles. The van der Waals surface area contributed by atoms with E-state index in [0.29, 0.717) is 23.5 Å². The lowest BCUT2D eigenvalue weighted by Gasteiger charge is -2.34. The number of fused-ring (bicyclic) bond motifs is 1. The Kier molecular flexibility index (Phi) is 5.89. The highest BCUT2D eigenvalue weighted by Crippen LogP contribution is 2.25. The number of ether oxygens (including phenoxy) is 1. The van der Waals surface area contributed by atoms with Gasteiger partial charge in [-0.2, -0.15) is 0 Å². The summed E-state index contributed by atoms with van der Waals surface area (Å²) < 4.78 is 5.43. The Morgan fingerprint density at radius 3 is 2.69 bits per heavy atom. The molecule has 0 aliphatic carbocycles. The van der Waals surface area contributed by atoms with Crippen molar-refractivity contribution in [2.24, 2.45) is 5.73 Å². The number of rotatable bonds is 5. The smallest absolute Gasteiger partial charge is 0.259 e. The molecule has 32 heavy (non-hydrogen) atoms. The molecule has 0 radical (unpaired) electrons. The normalized spacial score (nSPS) is 19.0. The Morgan fingerprint density at radius 2 is 1.97 bits per heavy atom. The van der Waals surface area contributed by atoms with Gasteiger partial charge in [-0.15, -0.1) is 0 Å². The van der Waals surface area contributed by atoms with Gasteiger partial charge in [0.05, 0.1) is 13.0 Å². The summed E-state index contributed by atoms with van der Waals surface area (Å²) in [5.74, 6) is -1.51. The van der Waals surface area contributed by atoms with Gasteiger partial charge in [-0.25, -0.2) is 0 Å². The number of amidine groups is 1. The Balaban J connectivity index is 1.46. The van der Waals surface area contributed by atoms with Crippen molar-refractivity contribution in [1.82, 2.24) is 5.32 Å². The maximum atomic E-state index is 13.0. The number of morpholine rings is 1. The molecule has 0 spiro atoms. The van der Waals surface area contributed by atoms with Gasteiger partial charge in [0.25, 0.3) is 11.8 Å². The average Bonchev–Trinajstić information content (AvgIpc) is 2.78. The van der Waals surface area contributed by atoms with Crippen LogP contribution in [0.1, 0.15) is 16.7 Å². The van der Waals surface area contributed by atoms with Gasteiger partial charge in [0.15, 0.2) is 12.2 Å². The molecule has 10 nitrogen and oxygen atoms in total. The van der Waals surface area contributed by atoms with E-state index in [1.54, 1.807) is 36.4 Å². The Labute approximate surface area is 183 Å². The third-order valence-electron chi connectivity index (χ3n) is 5.47. The molecule has 2 aliphatic heterocycles. The first-order valence-corrected chi connectivity index (χ1v) is 10.1. The van der Waals surface area contributed by atoms with E-state index >= 15 is 0 Å². The molecule has 0 aromatic heterocycles. The fraction of sp³-hybridized carbons (Fsp3) is 0.273. The molecule has 1 saturated heterocycles. The molecule has 3 amide bonds. The molecular weight excluding hydrogens is 414 g/mol. The van der Waals surface area contributed by atoms with Crippen molar-refractivity contribution in [3.63, 3.8) is 0 Å². The van der Waals surface area contributed by atoms with Gasteiger partial charge < -0.3 is 31.1 Å². The van der Waals surface area contributed by atoms with Crippen molar-refractivity contribution in [1.29, 1.82) is 5.41 Å². The maximum absolute atomic E-state index is 13.0. The number of carbonyl (C=O) groups is 3. The largest absolute Gasteiger partial charge is 0.384 e. The van der Waals surface area contributed by atoms with E-state index in [1.165, 1.54) is 4.90 Å². The minimum absolute atomic E-state index is 0.0794. The molecule has 2 heterocycles. The van der Waals surface area contributed by atoms with Crippen molar-refractivity contribution in [3.8, 4) is 0 Å². The fourth-order valence-corrected chi connectivity index (χ4v) is 3.72. The van der Waals surface area contributed by atoms with Crippen LogP contribution in [0.3, 0.4) is 0 Å². The highest BCUT2D eigenvalue weighted by atomic mass is 16.5. The first-order valence-electron chi connectivity index (χ1n) is 10.1. The zero-order valence-electron chi connectivity index (χ0n) is 17.1. The lowest BCUT2D eigenvalue weighted by Crippen LogP contribution is -2.55. The molecule has 10 heteroatoms. The second-order valence-electron chi connectivity index (χ2n) is 7.61. The Hall–Kier alpha value is -3.76. The van der Waals surface area contributed by atoms with Gasteiger partial charge in [0.2, 0.25) is 5.91 Å². The predicted molar refractivity (Wildman–Crippen MR) is 116 cm³/mol. The Bertz CT molecular complexity index is 1080. The number of nitrogen functional groups attached to an aromatic ring is 1. The molecular formula is C22H23N5O5. The number of benzene rings is 2. The minimum atomic E-state index is -1.72. The van der Waals surface area contributed by atoms with Crippen LogP contribution in [0.15, 0.2) is 42.5 Å². The van der Waals surface area contributed by atoms with E-state index in [-0.39, 0.29) is 31.3 Å². The van der Waals surface area contributed by atoms with E-state index in [9.17, 15) is 19.5 Å². The van der Waals surface area contributed by atoms with Crippen LogP contribution in [0.5, 0.6) is 0 Å². The lowest BCUT2D eigenvalue weighted by molar-refractivity contribution is -0.150. The van der Waals surface area contributed by atoms with Gasteiger partial charge in [0, 0.05) is 30.0 Å². The fourth-order valence-electron chi connectivity index (χ4n) is 3.72. The number of aliphatic hydroxyl groups is 1. The van der Waals surface area contributed by atoms with Crippen LogP contribution in [-0.2, 0) is 32.1 Å². The van der Waals surface area contributed by atoms with Gasteiger partial charge in [-0.1, -0.05) is 6.07 Å². The molecule has 0 bridgehead atoms. The zero-order chi connectivity index (χ0) is 22.8. The summed E-state index contributed by atoms with van der Waals surface area (Å²) in [5, 5.41) is 23.2. The number of carbonyl (C=O) groups excluding carboxylic acids is 3. The van der Waals surface area contributed by atoms with Crippen LogP contribution in [0.4, 0.5) is 11.4 Å². The minimum Gasteiger partial charge on any atom is -0.384 e. The lowest BCUT2D eigenvalue weighted by atomic mass is 9.99. The Morgan fingerprint density at radius 1 is 1.22 bits per heavy atom. The number of nitrogens with zero attached hydrogens (tertiary/aromatic N) is 1. The quantitative estimate of drug-likeness (QED) is 0.324. The van der Waals surface area contributed by atoms with Crippen LogP contribution < -0.4 is 21.3 Å². The highest BCUT2D eigenvalue weighted by molar-refractivity contribution is 6.04. The monoisotopic (exact) mass is 437 g/mol. The van der Waals surface area contributed by atoms with Crippen molar-refractivity contribution >= 4 is 34.9 Å². The van der Waals surface area contributed by atoms with Gasteiger partial charge in [-0.3, -0.25) is 19.8 Å². The molecule has 1 fully saturated rings. The van der Waals surface area contributed by atoms with Crippen LogP contribution in [0.2, 0.25) is 0 Å². The molecule has 0 saturated carbocycles. The number of nitrogens with one attached hydrogen (secondary N) is 3. The van der Waals surface area contributed by atoms with Gasteiger partial charge in [-0.05, 0) is 47.5 Å². The summed E-state index contributed by atoms with van der Waals surface area (Å²) in [7, 11) is 0. The number of hydrogen-bond acceptors (Lipinski definition) is 6. The van der Waals surface area contributed by atoms with Crippen LogP contribution in [0.25, 0.3) is 0 Å². The highest BCUT2D eigenvalue weighted by Gasteiger charge is 2.39. The molecule has 6 N–H and O–H groups in total. The summed E-state index contributed by atoms with van der Waals surface area (Å²) in [6, 6.07) is 11.6. The SMILES string of the molecule is N=C(N)c1ccc(NC(=O)[C@H](O)C2OCCN(c3ccc4c(c3)CC(=O)NC4)C2=O)cc1. The van der Waals surface area contributed by atoms with Crippen molar-refractivity contribution in [3.05, 3.63) is 59.2 Å². The number of amides is 3. The van der Waals surface area contributed by atoms with Gasteiger partial charge in [0.1, 0.15) is 5.84 Å². The van der Waals surface area contributed by atoms with Crippen molar-refractivity contribution in [2.45, 2.75) is 25.2 Å². The first-order chi connectivity index (χ1) is 15.3. The van der Waals surface area contributed by atoms with E-state index in [1.807, 2.05) is 6.07 Å². The second kappa shape index (κ2) is 8.77. The number of hydrogen-bond donors (Lipinski definition) is 5. The van der Waals surface area contributed by atoms with Crippen LogP contribution in [-0.4, -0.2) is 54.0 Å². The van der Waals surface area contributed by atoms with Crippen molar-refractivity contribution < 1.29 is 24.2 Å². The summed E-state index contributed by atoms with van der Waals surface area (Å²) in [6.45, 7) is 0.854. The maximum Gasteiger partial charge on any atom is 0.259 e. The molecule has 4 rings (SSSR count). The molecule has 1 unspecified atom stereocenters. The topological polar surface area (TPSA) is 158 Å². The van der Waals surface area contributed by atoms with Crippen LogP contribution in [0, 0.1) is 5.41 Å². The molecule has 2 atom stereocenters. The van der Waals surface area contributed by atoms with Crippen molar-refractivity contribution in [2.75, 3.05) is 23.4 Å². The van der Waals surface area contributed by atoms with E-state index in [0.717, 1.165) is 11.1 Å². The zero-order valence-corrected chi connectivity index (χ0v) is 17.1. The van der Waals surface area contributed by atoms with E-state index < -0.39 is 24.0 Å². The molecule has 2 aliphatic rings. The molecule has 2 aromatic rings. The number of nitrogens with two attached hydrogens (primary N) is 1. The van der Waals surface area contributed by atoms with Crippen LogP contribution >= 0.6 is 0 Å². The van der Waals surface area contributed by atoms with E-state index in [2.05, 4.69) is 10.6 Å². The number of anilines is 2. The molecule has 166 valence electrons. The summed E-state index contributed by atoms with van der Waals surface area (Å²) in [4.78, 5) is 38.7.